The lowest BCUT2D eigenvalue weighted by molar-refractivity contribution is 0.0946. The molecular formula is C17H22N2OS. The molecule has 1 heterocycles. The number of hydrogen-bond acceptors (Lipinski definition) is 3. The molecule has 3 atom stereocenters. The monoisotopic (exact) mass is 302 g/mol. The summed E-state index contributed by atoms with van der Waals surface area (Å²) in [5.41, 5.74) is 6.45. The molecule has 3 rings (SSSR count). The number of nitrogens with one attached hydrogen (secondary N) is 1. The van der Waals surface area contributed by atoms with E-state index in [0.29, 0.717) is 12.5 Å². The maximum absolute atomic E-state index is 12.3. The van der Waals surface area contributed by atoms with Crippen molar-refractivity contribution in [1.82, 2.24) is 5.32 Å². The lowest BCUT2D eigenvalue weighted by Gasteiger charge is -2.21. The van der Waals surface area contributed by atoms with Crippen molar-refractivity contribution in [3.63, 3.8) is 0 Å². The standard InChI is InChI=1S/C17H22N2OS/c1-11-7-16(21-15(11)3-2-6-18)17(20)19-10-14-9-12-4-5-13(14)8-12/h7,12-14H,4-6,8-10,18H2,1H3,(H,19,20). The van der Waals surface area contributed by atoms with Gasteiger partial charge in [0.05, 0.1) is 16.3 Å². The van der Waals surface area contributed by atoms with Crippen LogP contribution in [0.3, 0.4) is 0 Å². The maximum Gasteiger partial charge on any atom is 0.261 e. The third-order valence-corrected chi connectivity index (χ3v) is 6.01. The number of rotatable bonds is 3. The third kappa shape index (κ3) is 3.14. The van der Waals surface area contributed by atoms with Crippen molar-refractivity contribution in [1.29, 1.82) is 0 Å². The second kappa shape index (κ2) is 6.21. The van der Waals surface area contributed by atoms with E-state index in [1.807, 2.05) is 13.0 Å². The molecule has 2 bridgehead atoms. The molecule has 0 radical (unpaired) electrons. The summed E-state index contributed by atoms with van der Waals surface area (Å²) in [6.45, 7) is 3.17. The van der Waals surface area contributed by atoms with Gasteiger partial charge in [0.15, 0.2) is 0 Å². The predicted octanol–water partition coefficient (Wildman–Crippen LogP) is 2.53. The molecule has 112 valence electrons. The Morgan fingerprint density at radius 3 is 3.00 bits per heavy atom. The van der Waals surface area contributed by atoms with Gasteiger partial charge in [0, 0.05) is 6.54 Å². The van der Waals surface area contributed by atoms with Gasteiger partial charge < -0.3 is 11.1 Å². The van der Waals surface area contributed by atoms with E-state index in [1.54, 1.807) is 0 Å². The van der Waals surface area contributed by atoms with Gasteiger partial charge in [0.2, 0.25) is 0 Å². The Bertz CT molecular complexity index is 596. The van der Waals surface area contributed by atoms with Crippen molar-refractivity contribution in [2.75, 3.05) is 13.1 Å². The molecule has 3 nitrogen and oxygen atoms in total. The molecule has 0 aliphatic heterocycles. The van der Waals surface area contributed by atoms with Gasteiger partial charge in [-0.15, -0.1) is 11.3 Å². The van der Waals surface area contributed by atoms with E-state index in [9.17, 15) is 4.79 Å². The molecule has 2 aliphatic rings. The van der Waals surface area contributed by atoms with Crippen LogP contribution in [0.1, 0.15) is 45.8 Å². The van der Waals surface area contributed by atoms with Gasteiger partial charge in [-0.2, -0.15) is 0 Å². The Balaban J connectivity index is 1.58. The van der Waals surface area contributed by atoms with Gasteiger partial charge in [-0.3, -0.25) is 4.79 Å². The highest BCUT2D eigenvalue weighted by atomic mass is 32.1. The van der Waals surface area contributed by atoms with Crippen LogP contribution < -0.4 is 11.1 Å². The summed E-state index contributed by atoms with van der Waals surface area (Å²) in [6, 6.07) is 1.93. The number of hydrogen-bond donors (Lipinski definition) is 2. The Labute approximate surface area is 130 Å². The van der Waals surface area contributed by atoms with Gasteiger partial charge >= 0.3 is 0 Å². The molecule has 2 aliphatic carbocycles. The largest absolute Gasteiger partial charge is 0.351 e. The topological polar surface area (TPSA) is 55.1 Å². The normalized spacial score (nSPS) is 26.5. The first-order valence-corrected chi connectivity index (χ1v) is 8.56. The highest BCUT2D eigenvalue weighted by Crippen LogP contribution is 2.47. The molecule has 0 spiro atoms. The fourth-order valence-corrected chi connectivity index (χ4v) is 4.75. The van der Waals surface area contributed by atoms with E-state index in [2.05, 4.69) is 17.2 Å². The summed E-state index contributed by atoms with van der Waals surface area (Å²) in [5, 5.41) is 3.12. The van der Waals surface area contributed by atoms with Gasteiger partial charge in [-0.05, 0) is 55.6 Å². The molecule has 4 heteroatoms. The number of carbonyl (C=O) groups is 1. The SMILES string of the molecule is Cc1cc(C(=O)NCC2CC3CCC2C3)sc1C#CCN. The molecule has 2 saturated carbocycles. The van der Waals surface area contributed by atoms with Crippen LogP contribution in [0.5, 0.6) is 0 Å². The van der Waals surface area contributed by atoms with Crippen LogP contribution in [-0.2, 0) is 0 Å². The van der Waals surface area contributed by atoms with Crippen LogP contribution in [0.4, 0.5) is 0 Å². The zero-order valence-electron chi connectivity index (χ0n) is 12.4. The van der Waals surface area contributed by atoms with Crippen molar-refractivity contribution in [3.8, 4) is 11.8 Å². The van der Waals surface area contributed by atoms with Crippen LogP contribution in [0.25, 0.3) is 0 Å². The number of aryl methyl sites for hydroxylation is 1. The highest BCUT2D eigenvalue weighted by molar-refractivity contribution is 7.14. The van der Waals surface area contributed by atoms with Gasteiger partial charge in [0.1, 0.15) is 0 Å². The zero-order valence-corrected chi connectivity index (χ0v) is 13.3. The summed E-state index contributed by atoms with van der Waals surface area (Å²) in [7, 11) is 0. The Kier molecular flexibility index (Phi) is 4.32. The second-order valence-electron chi connectivity index (χ2n) is 6.27. The first-order chi connectivity index (χ1) is 10.2. The first kappa shape index (κ1) is 14.6. The van der Waals surface area contributed by atoms with Gasteiger partial charge in [-0.25, -0.2) is 0 Å². The number of nitrogens with two attached hydrogens (primary N) is 1. The van der Waals surface area contributed by atoms with Crippen LogP contribution in [-0.4, -0.2) is 19.0 Å². The quantitative estimate of drug-likeness (QED) is 0.843. The second-order valence-corrected chi connectivity index (χ2v) is 7.33. The van der Waals surface area contributed by atoms with Crippen molar-refractivity contribution in [3.05, 3.63) is 21.4 Å². The van der Waals surface area contributed by atoms with E-state index in [-0.39, 0.29) is 5.91 Å². The highest BCUT2D eigenvalue weighted by Gasteiger charge is 2.39. The van der Waals surface area contributed by atoms with Gasteiger partial charge in [0.25, 0.3) is 5.91 Å². The number of thiophene rings is 1. The van der Waals surface area contributed by atoms with Crippen LogP contribution in [0.15, 0.2) is 6.07 Å². The summed E-state index contributed by atoms with van der Waals surface area (Å²) in [4.78, 5) is 14.0. The smallest absolute Gasteiger partial charge is 0.261 e. The Morgan fingerprint density at radius 1 is 1.48 bits per heavy atom. The molecule has 1 aromatic heterocycles. The van der Waals surface area contributed by atoms with Crippen molar-refractivity contribution >= 4 is 17.2 Å². The minimum absolute atomic E-state index is 0.0478. The summed E-state index contributed by atoms with van der Waals surface area (Å²) >= 11 is 1.46. The third-order valence-electron chi connectivity index (χ3n) is 4.85. The van der Waals surface area contributed by atoms with Crippen molar-refractivity contribution in [2.45, 2.75) is 32.6 Å². The van der Waals surface area contributed by atoms with Crippen molar-refractivity contribution in [2.24, 2.45) is 23.5 Å². The minimum Gasteiger partial charge on any atom is -0.351 e. The molecule has 2 fully saturated rings. The summed E-state index contributed by atoms with van der Waals surface area (Å²) < 4.78 is 0. The zero-order chi connectivity index (χ0) is 14.8. The average molecular weight is 302 g/mol. The van der Waals surface area contributed by atoms with Crippen LogP contribution in [0, 0.1) is 36.5 Å². The average Bonchev–Trinajstić information content (AvgIpc) is 3.18. The lowest BCUT2D eigenvalue weighted by atomic mass is 9.89. The molecule has 1 amide bonds. The van der Waals surface area contributed by atoms with E-state index in [4.69, 9.17) is 5.73 Å². The summed E-state index contributed by atoms with van der Waals surface area (Å²) in [6.07, 6.45) is 5.46. The molecule has 1 aromatic rings. The summed E-state index contributed by atoms with van der Waals surface area (Å²) in [5.74, 6) is 8.41. The minimum atomic E-state index is 0.0478. The first-order valence-electron chi connectivity index (χ1n) is 7.75. The van der Waals surface area contributed by atoms with Crippen LogP contribution in [0.2, 0.25) is 0 Å². The van der Waals surface area contributed by atoms with E-state index in [0.717, 1.165) is 33.7 Å². The number of fused-ring (bicyclic) bond motifs is 2. The van der Waals surface area contributed by atoms with E-state index >= 15 is 0 Å². The number of amides is 1. The maximum atomic E-state index is 12.3. The van der Waals surface area contributed by atoms with Gasteiger partial charge in [-0.1, -0.05) is 18.3 Å². The fraction of sp³-hybridized carbons (Fsp3) is 0.588. The lowest BCUT2D eigenvalue weighted by Crippen LogP contribution is -2.31. The van der Waals surface area contributed by atoms with Crippen LogP contribution >= 0.6 is 11.3 Å². The molecule has 3 unspecified atom stereocenters. The Hall–Kier alpha value is -1.31. The molecule has 0 saturated heterocycles. The fourth-order valence-electron chi connectivity index (χ4n) is 3.79. The predicted molar refractivity (Wildman–Crippen MR) is 86.3 cm³/mol. The molecular weight excluding hydrogens is 280 g/mol. The Morgan fingerprint density at radius 2 is 2.33 bits per heavy atom. The molecule has 3 N–H and O–H groups in total. The van der Waals surface area contributed by atoms with E-state index < -0.39 is 0 Å². The molecule has 21 heavy (non-hydrogen) atoms. The molecule has 0 aromatic carbocycles. The van der Waals surface area contributed by atoms with E-state index in [1.165, 1.54) is 37.0 Å². The number of carbonyl (C=O) groups excluding carboxylic acids is 1. The van der Waals surface area contributed by atoms with Crippen molar-refractivity contribution < 1.29 is 4.79 Å².